The average molecular weight is 565 g/mol. The fraction of sp³-hybridized carbons (Fsp3) is 0.333. The normalized spacial score (nSPS) is 18.6. The summed E-state index contributed by atoms with van der Waals surface area (Å²) in [6, 6.07) is 5.67. The van der Waals surface area contributed by atoms with Crippen LogP contribution in [0.3, 0.4) is 0 Å². The first kappa shape index (κ1) is 27.5. The van der Waals surface area contributed by atoms with Gasteiger partial charge in [0, 0.05) is 40.7 Å². The average Bonchev–Trinajstić information content (AvgIpc) is 3.69. The number of carbonyl (C=O) groups excluding carboxylic acids is 4. The Morgan fingerprint density at radius 1 is 0.952 bits per heavy atom. The van der Waals surface area contributed by atoms with Crippen molar-refractivity contribution in [2.75, 3.05) is 7.11 Å². The minimum Gasteiger partial charge on any atom is -0.469 e. The van der Waals surface area contributed by atoms with Gasteiger partial charge in [0.1, 0.15) is 0 Å². The Kier molecular flexibility index (Phi) is 6.55. The molecule has 9 heteroatoms. The van der Waals surface area contributed by atoms with Gasteiger partial charge in [0.15, 0.2) is 6.29 Å². The van der Waals surface area contributed by atoms with Crippen LogP contribution in [0.25, 0.3) is 33.3 Å². The number of rotatable bonds is 5. The van der Waals surface area contributed by atoms with Gasteiger partial charge >= 0.3 is 5.97 Å². The van der Waals surface area contributed by atoms with Crippen LogP contribution in [0, 0.1) is 6.92 Å². The van der Waals surface area contributed by atoms with Crippen molar-refractivity contribution in [3.63, 3.8) is 0 Å². The SMILES string of the molecule is CCC1=C(C)c2cc3nc(cc4[nH]c(c5c6[nH]c(cc1n2)c(C)c6C(=O)C5=O)[C@@H](CCC(=O)OC)[C@@H]4C)C(C)=C3C=O. The van der Waals surface area contributed by atoms with Crippen molar-refractivity contribution >= 4 is 57.1 Å². The smallest absolute Gasteiger partial charge is 0.305 e. The van der Waals surface area contributed by atoms with Gasteiger partial charge in [-0.05, 0) is 74.1 Å². The molecule has 42 heavy (non-hydrogen) atoms. The zero-order chi connectivity index (χ0) is 30.0. The maximum atomic E-state index is 13.5. The molecule has 0 amide bonds. The summed E-state index contributed by atoms with van der Waals surface area (Å²) in [6.07, 6.45) is 2.13. The van der Waals surface area contributed by atoms with E-state index in [1.54, 1.807) is 0 Å². The number of aromatic amines is 2. The van der Waals surface area contributed by atoms with Crippen molar-refractivity contribution in [1.29, 1.82) is 0 Å². The second-order valence-electron chi connectivity index (χ2n) is 11.3. The van der Waals surface area contributed by atoms with Crippen molar-refractivity contribution < 1.29 is 23.9 Å². The van der Waals surface area contributed by atoms with E-state index < -0.39 is 11.6 Å². The summed E-state index contributed by atoms with van der Waals surface area (Å²) in [5, 5.41) is 0. The highest BCUT2D eigenvalue weighted by atomic mass is 16.5. The monoisotopic (exact) mass is 564 g/mol. The number of Topliss-reactive ketones (excluding diaryl/α,β-unsaturated/α-hetero) is 2. The molecule has 3 aliphatic heterocycles. The summed E-state index contributed by atoms with van der Waals surface area (Å²) in [5.74, 6) is -1.88. The van der Waals surface area contributed by atoms with Gasteiger partial charge < -0.3 is 14.7 Å². The van der Waals surface area contributed by atoms with E-state index in [0.29, 0.717) is 56.8 Å². The largest absolute Gasteiger partial charge is 0.469 e. The summed E-state index contributed by atoms with van der Waals surface area (Å²) in [7, 11) is 1.35. The minimum atomic E-state index is -0.576. The number of methoxy groups -OCH3 is 1. The van der Waals surface area contributed by atoms with Crippen LogP contribution in [0.15, 0.2) is 18.2 Å². The number of hydrogen-bond acceptors (Lipinski definition) is 7. The molecule has 2 N–H and O–H groups in total. The number of aromatic nitrogens is 4. The Morgan fingerprint density at radius 3 is 2.33 bits per heavy atom. The molecule has 9 nitrogen and oxygen atoms in total. The Hall–Kier alpha value is -4.66. The Labute approximate surface area is 242 Å². The molecule has 0 radical (unpaired) electrons. The van der Waals surface area contributed by atoms with Crippen molar-refractivity contribution in [2.24, 2.45) is 0 Å². The first-order chi connectivity index (χ1) is 20.1. The Balaban J connectivity index is 1.76. The standard InChI is InChI=1S/C33H32N4O5/c1-7-18-14(2)22-11-26-20(13-38)16(4)21(35-26)10-23-15(3)19(8-9-27(39)42-6)30(36-23)29-31-28(32(40)33(29)41)17(5)24(37-31)12-25(18)34-22/h10-13,15,19,36-37H,7-9H2,1-6H3/t15-,19-/m0/s1. The molecule has 1 aliphatic carbocycles. The first-order valence-electron chi connectivity index (χ1n) is 14.2. The molecule has 2 aromatic rings. The number of aryl methyl sites for hydroxylation is 1. The van der Waals surface area contributed by atoms with E-state index in [1.807, 2.05) is 45.9 Å². The van der Waals surface area contributed by atoms with Gasteiger partial charge in [-0.3, -0.25) is 19.2 Å². The second-order valence-corrected chi connectivity index (χ2v) is 11.3. The van der Waals surface area contributed by atoms with Crippen LogP contribution in [-0.2, 0) is 14.3 Å². The quantitative estimate of drug-likeness (QED) is 0.257. The third-order valence-corrected chi connectivity index (χ3v) is 9.11. The van der Waals surface area contributed by atoms with Gasteiger partial charge in [-0.25, -0.2) is 9.97 Å². The predicted molar refractivity (Wildman–Crippen MR) is 159 cm³/mol. The van der Waals surface area contributed by atoms with E-state index in [9.17, 15) is 19.2 Å². The third kappa shape index (κ3) is 3.98. The maximum absolute atomic E-state index is 13.5. The van der Waals surface area contributed by atoms with Crippen molar-refractivity contribution in [3.8, 4) is 0 Å². The zero-order valence-electron chi connectivity index (χ0n) is 24.5. The molecular weight excluding hydrogens is 532 g/mol. The molecule has 0 spiro atoms. The number of carbonyl (C=O) groups is 4. The fourth-order valence-electron chi connectivity index (χ4n) is 6.59. The number of ketones is 2. The molecule has 0 saturated heterocycles. The molecular formula is C33H32N4O5. The number of nitrogens with zero attached hydrogens (tertiary/aromatic N) is 2. The number of esters is 1. The van der Waals surface area contributed by atoms with E-state index in [-0.39, 0.29) is 24.2 Å². The van der Waals surface area contributed by atoms with Crippen LogP contribution < -0.4 is 0 Å². The number of hydrogen-bond donors (Lipinski definition) is 2. The van der Waals surface area contributed by atoms with Crippen LogP contribution in [0.4, 0.5) is 0 Å². The number of ether oxygens (including phenoxy) is 1. The van der Waals surface area contributed by atoms with E-state index in [1.165, 1.54) is 7.11 Å². The van der Waals surface area contributed by atoms with Crippen LogP contribution in [-0.4, -0.2) is 50.9 Å². The Bertz CT molecular complexity index is 1890. The lowest BCUT2D eigenvalue weighted by Gasteiger charge is -2.17. The fourth-order valence-corrected chi connectivity index (χ4v) is 6.59. The number of H-pyrrole nitrogens is 2. The number of aldehydes is 1. The van der Waals surface area contributed by atoms with E-state index >= 15 is 0 Å². The van der Waals surface area contributed by atoms with E-state index in [4.69, 9.17) is 14.7 Å². The Morgan fingerprint density at radius 2 is 1.64 bits per heavy atom. The highest BCUT2D eigenvalue weighted by Crippen LogP contribution is 2.45. The van der Waals surface area contributed by atoms with Gasteiger partial charge in [0.05, 0.1) is 46.5 Å². The molecule has 8 bridgehead atoms. The molecule has 4 aliphatic rings. The lowest BCUT2D eigenvalue weighted by molar-refractivity contribution is -0.140. The molecule has 6 rings (SSSR count). The van der Waals surface area contributed by atoms with Gasteiger partial charge in [0.25, 0.3) is 0 Å². The van der Waals surface area contributed by atoms with Crippen LogP contribution in [0.2, 0.25) is 0 Å². The summed E-state index contributed by atoms with van der Waals surface area (Å²) in [6.45, 7) is 9.78. The molecule has 0 saturated carbocycles. The zero-order valence-corrected chi connectivity index (χ0v) is 24.5. The lowest BCUT2D eigenvalue weighted by Crippen LogP contribution is -2.13. The highest BCUT2D eigenvalue weighted by molar-refractivity contribution is 6.56. The molecule has 0 unspecified atom stereocenters. The topological polar surface area (TPSA) is 135 Å². The molecule has 2 atom stereocenters. The molecule has 0 aromatic carbocycles. The lowest BCUT2D eigenvalue weighted by atomic mass is 9.85. The molecule has 0 fully saturated rings. The van der Waals surface area contributed by atoms with E-state index in [0.717, 1.165) is 46.5 Å². The molecule has 214 valence electrons. The molecule has 2 aromatic heterocycles. The second kappa shape index (κ2) is 10.0. The van der Waals surface area contributed by atoms with Crippen molar-refractivity contribution in [2.45, 2.75) is 65.7 Å². The van der Waals surface area contributed by atoms with Crippen molar-refractivity contribution in [3.05, 3.63) is 69.1 Å². The van der Waals surface area contributed by atoms with Gasteiger partial charge in [-0.2, -0.15) is 0 Å². The van der Waals surface area contributed by atoms with Gasteiger partial charge in [-0.15, -0.1) is 0 Å². The predicted octanol–water partition coefficient (Wildman–Crippen LogP) is 6.04. The molecule has 5 heterocycles. The van der Waals surface area contributed by atoms with Gasteiger partial charge in [0.2, 0.25) is 11.6 Å². The van der Waals surface area contributed by atoms with Gasteiger partial charge in [-0.1, -0.05) is 13.8 Å². The summed E-state index contributed by atoms with van der Waals surface area (Å²) in [5.41, 5.74) is 9.87. The maximum Gasteiger partial charge on any atom is 0.305 e. The van der Waals surface area contributed by atoms with Crippen LogP contribution in [0.1, 0.15) is 119 Å². The highest BCUT2D eigenvalue weighted by Gasteiger charge is 2.40. The van der Waals surface area contributed by atoms with Crippen molar-refractivity contribution in [1.82, 2.24) is 19.9 Å². The number of nitrogens with one attached hydrogen (secondary N) is 2. The summed E-state index contributed by atoms with van der Waals surface area (Å²) >= 11 is 0. The first-order valence-corrected chi connectivity index (χ1v) is 14.2. The number of allylic oxidation sites excluding steroid dienone is 4. The minimum absolute atomic E-state index is 0.140. The van der Waals surface area contributed by atoms with E-state index in [2.05, 4.69) is 16.9 Å². The summed E-state index contributed by atoms with van der Waals surface area (Å²) < 4.78 is 4.90. The third-order valence-electron chi connectivity index (χ3n) is 9.11. The van der Waals surface area contributed by atoms with Crippen LogP contribution >= 0.6 is 0 Å². The van der Waals surface area contributed by atoms with Crippen LogP contribution in [0.5, 0.6) is 0 Å². The summed E-state index contributed by atoms with van der Waals surface area (Å²) in [4.78, 5) is 67.9. The number of fused-ring (bicyclic) bond motifs is 8.